The van der Waals surface area contributed by atoms with Crippen LogP contribution in [0.2, 0.25) is 0 Å². The summed E-state index contributed by atoms with van der Waals surface area (Å²) in [5, 5.41) is 43.7. The van der Waals surface area contributed by atoms with Gasteiger partial charge in [-0.2, -0.15) is 0 Å². The molecule has 0 heterocycles. The zero-order valence-corrected chi connectivity index (χ0v) is 18.4. The Labute approximate surface area is 198 Å². The van der Waals surface area contributed by atoms with Crippen LogP contribution in [0.5, 0.6) is 0 Å². The molecule has 12 nitrogen and oxygen atoms in total. The van der Waals surface area contributed by atoms with Crippen molar-refractivity contribution in [2.75, 3.05) is 6.61 Å². The van der Waals surface area contributed by atoms with Crippen molar-refractivity contribution >= 4 is 35.8 Å². The molecule has 12 heteroatoms. The number of ether oxygens (including phenoxy) is 1. The molecule has 0 amide bonds. The predicted molar refractivity (Wildman–Crippen MR) is 117 cm³/mol. The van der Waals surface area contributed by atoms with Crippen molar-refractivity contribution < 1.29 is 59.0 Å². The smallest absolute Gasteiger partial charge is 0.339 e. The second kappa shape index (κ2) is 13.1. The molecule has 0 saturated heterocycles. The van der Waals surface area contributed by atoms with Gasteiger partial charge in [0.1, 0.15) is 0 Å². The van der Waals surface area contributed by atoms with Crippen molar-refractivity contribution in [3.63, 3.8) is 0 Å². The molecule has 0 bridgehead atoms. The lowest BCUT2D eigenvalue weighted by Crippen LogP contribution is -2.13. The van der Waals surface area contributed by atoms with E-state index in [-0.39, 0.29) is 28.9 Å². The summed E-state index contributed by atoms with van der Waals surface area (Å²) < 4.78 is 4.97. The summed E-state index contributed by atoms with van der Waals surface area (Å²) in [4.78, 5) is 65.4. The largest absolute Gasteiger partial charge is 0.478 e. The topological polar surface area (TPSA) is 213 Å². The number of rotatable bonds is 10. The first-order valence-electron chi connectivity index (χ1n) is 10.0. The van der Waals surface area contributed by atoms with Crippen LogP contribution in [0.3, 0.4) is 0 Å². The molecule has 0 aromatic heterocycles. The summed E-state index contributed by atoms with van der Waals surface area (Å²) in [7, 11) is 0. The van der Waals surface area contributed by atoms with Gasteiger partial charge in [-0.3, -0.25) is 0 Å². The summed E-state index contributed by atoms with van der Waals surface area (Å²) in [5.74, 6) is -7.58. The number of aromatic carboxylic acids is 5. The Balaban J connectivity index is 0.000000365. The van der Waals surface area contributed by atoms with Gasteiger partial charge in [-0.1, -0.05) is 19.8 Å². The van der Waals surface area contributed by atoms with E-state index in [1.54, 1.807) is 0 Å². The highest BCUT2D eigenvalue weighted by atomic mass is 16.5. The second-order valence-corrected chi connectivity index (χ2v) is 6.89. The molecule has 0 unspecified atom stereocenters. The minimum absolute atomic E-state index is 0.140. The zero-order valence-electron chi connectivity index (χ0n) is 18.4. The highest BCUT2D eigenvalue weighted by molar-refractivity contribution is 6.05. The fourth-order valence-electron chi connectivity index (χ4n) is 2.67. The third kappa shape index (κ3) is 8.28. The molecule has 0 radical (unpaired) electrons. The number of carboxylic acids is 5. The lowest BCUT2D eigenvalue weighted by molar-refractivity contribution is 0.0486. The lowest BCUT2D eigenvalue weighted by Gasteiger charge is -2.08. The molecule has 0 aliphatic carbocycles. The monoisotopic (exact) mass is 490 g/mol. The van der Waals surface area contributed by atoms with Gasteiger partial charge in [0.2, 0.25) is 0 Å². The van der Waals surface area contributed by atoms with E-state index >= 15 is 0 Å². The molecule has 2 aromatic carbocycles. The first-order valence-corrected chi connectivity index (χ1v) is 10.0. The van der Waals surface area contributed by atoms with Gasteiger partial charge in [0, 0.05) is 0 Å². The standard InChI is InChI=1S/C14H16O6.C9H6O6/c1-2-3-4-7-20-14(19)10-6-5-9(12(15)16)8-11(10)13(17)18;10-7(11)4-1-2-5(8(12)13)6(3-4)9(14)15/h5-6,8H,2-4,7H2,1H3,(H,15,16)(H,17,18);1-3H,(H,10,11)(H,12,13)(H,14,15). The average molecular weight is 490 g/mol. The van der Waals surface area contributed by atoms with Crippen molar-refractivity contribution in [1.29, 1.82) is 0 Å². The molecule has 0 aliphatic heterocycles. The average Bonchev–Trinajstić information content (AvgIpc) is 2.81. The molecule has 0 fully saturated rings. The number of carboxylic acid groups (broad SMARTS) is 5. The second-order valence-electron chi connectivity index (χ2n) is 6.89. The third-order valence-electron chi connectivity index (χ3n) is 4.43. The van der Waals surface area contributed by atoms with E-state index in [1.165, 1.54) is 6.07 Å². The van der Waals surface area contributed by atoms with E-state index in [1.807, 2.05) is 6.92 Å². The van der Waals surface area contributed by atoms with Gasteiger partial charge in [-0.25, -0.2) is 28.8 Å². The highest BCUT2D eigenvalue weighted by Gasteiger charge is 2.20. The zero-order chi connectivity index (χ0) is 26.7. The Hall–Kier alpha value is -4.74. The summed E-state index contributed by atoms with van der Waals surface area (Å²) >= 11 is 0. The van der Waals surface area contributed by atoms with E-state index in [4.69, 9.17) is 30.3 Å². The van der Waals surface area contributed by atoms with Gasteiger partial charge in [-0.05, 0) is 42.8 Å². The maximum Gasteiger partial charge on any atom is 0.339 e. The number of esters is 1. The number of hydrogen-bond donors (Lipinski definition) is 5. The number of carbonyl (C=O) groups is 6. The van der Waals surface area contributed by atoms with Gasteiger partial charge in [0.15, 0.2) is 0 Å². The Bertz CT molecular complexity index is 1150. The van der Waals surface area contributed by atoms with Crippen LogP contribution >= 0.6 is 0 Å². The van der Waals surface area contributed by atoms with E-state index in [0.29, 0.717) is 6.42 Å². The quantitative estimate of drug-likeness (QED) is 0.240. The molecule has 2 aromatic rings. The number of hydrogen-bond acceptors (Lipinski definition) is 7. The highest BCUT2D eigenvalue weighted by Crippen LogP contribution is 2.15. The van der Waals surface area contributed by atoms with Crippen LogP contribution in [-0.2, 0) is 4.74 Å². The molecule has 35 heavy (non-hydrogen) atoms. The van der Waals surface area contributed by atoms with Crippen molar-refractivity contribution in [3.8, 4) is 0 Å². The molecule has 5 N–H and O–H groups in total. The maximum absolute atomic E-state index is 11.8. The molecular weight excluding hydrogens is 468 g/mol. The van der Waals surface area contributed by atoms with Crippen molar-refractivity contribution in [1.82, 2.24) is 0 Å². The molecule has 2 rings (SSSR count). The van der Waals surface area contributed by atoms with Crippen molar-refractivity contribution in [3.05, 3.63) is 69.8 Å². The molecule has 0 aliphatic rings. The van der Waals surface area contributed by atoms with Crippen LogP contribution in [0.25, 0.3) is 0 Å². The number of unbranched alkanes of at least 4 members (excludes halogenated alkanes) is 2. The molecule has 0 saturated carbocycles. The van der Waals surface area contributed by atoms with Crippen LogP contribution in [-0.4, -0.2) is 68.0 Å². The van der Waals surface area contributed by atoms with Gasteiger partial charge < -0.3 is 30.3 Å². The van der Waals surface area contributed by atoms with Crippen LogP contribution in [0.1, 0.15) is 88.3 Å². The van der Waals surface area contributed by atoms with Gasteiger partial charge in [-0.15, -0.1) is 0 Å². The Kier molecular flexibility index (Phi) is 10.6. The van der Waals surface area contributed by atoms with E-state index in [2.05, 4.69) is 0 Å². The Morgan fingerprint density at radius 2 is 1.03 bits per heavy atom. The normalized spacial score (nSPS) is 9.86. The minimum atomic E-state index is -1.48. The van der Waals surface area contributed by atoms with Crippen molar-refractivity contribution in [2.24, 2.45) is 0 Å². The van der Waals surface area contributed by atoms with Gasteiger partial charge in [0.05, 0.1) is 40.0 Å². The number of carbonyl (C=O) groups excluding carboxylic acids is 1. The minimum Gasteiger partial charge on any atom is -0.478 e. The summed E-state index contributed by atoms with van der Waals surface area (Å²) in [6.45, 7) is 2.22. The van der Waals surface area contributed by atoms with Crippen LogP contribution in [0, 0.1) is 0 Å². The van der Waals surface area contributed by atoms with E-state index < -0.39 is 46.9 Å². The van der Waals surface area contributed by atoms with Gasteiger partial charge in [0.25, 0.3) is 0 Å². The SMILES string of the molecule is CCCCCOC(=O)c1ccc(C(=O)O)cc1C(=O)O.O=C(O)c1ccc(C(=O)O)c(C(=O)O)c1. The maximum atomic E-state index is 11.8. The summed E-state index contributed by atoms with van der Waals surface area (Å²) in [6, 6.07) is 6.10. The van der Waals surface area contributed by atoms with Crippen LogP contribution < -0.4 is 0 Å². The predicted octanol–water partition coefficient (Wildman–Crippen LogP) is 3.21. The first-order chi connectivity index (χ1) is 16.4. The van der Waals surface area contributed by atoms with E-state index in [9.17, 15) is 28.8 Å². The Morgan fingerprint density at radius 3 is 1.43 bits per heavy atom. The summed E-state index contributed by atoms with van der Waals surface area (Å²) in [5.41, 5.74) is -1.94. The number of benzene rings is 2. The van der Waals surface area contributed by atoms with E-state index in [0.717, 1.165) is 43.2 Å². The van der Waals surface area contributed by atoms with Crippen LogP contribution in [0.4, 0.5) is 0 Å². The fraction of sp³-hybridized carbons (Fsp3) is 0.217. The molecular formula is C23H22O12. The molecule has 186 valence electrons. The molecule has 0 atom stereocenters. The third-order valence-corrected chi connectivity index (χ3v) is 4.43. The molecule has 0 spiro atoms. The first kappa shape index (κ1) is 28.3. The van der Waals surface area contributed by atoms with Crippen molar-refractivity contribution in [2.45, 2.75) is 26.2 Å². The Morgan fingerprint density at radius 1 is 0.600 bits per heavy atom. The van der Waals surface area contributed by atoms with Crippen LogP contribution in [0.15, 0.2) is 36.4 Å². The fourth-order valence-corrected chi connectivity index (χ4v) is 2.67. The van der Waals surface area contributed by atoms with Gasteiger partial charge >= 0.3 is 35.8 Å². The summed E-state index contributed by atoms with van der Waals surface area (Å²) in [6.07, 6.45) is 2.60. The lowest BCUT2D eigenvalue weighted by atomic mass is 10.0.